The Labute approximate surface area is 174 Å². The molecule has 29 heavy (non-hydrogen) atoms. The van der Waals surface area contributed by atoms with Gasteiger partial charge in [0.05, 0.1) is 11.6 Å². The van der Waals surface area contributed by atoms with Crippen molar-refractivity contribution in [2.75, 3.05) is 6.54 Å². The molecule has 0 unspecified atom stereocenters. The second-order valence-electron chi connectivity index (χ2n) is 7.67. The highest BCUT2D eigenvalue weighted by Crippen LogP contribution is 2.24. The molecule has 1 saturated heterocycles. The Bertz CT molecular complexity index is 1030. The molecule has 0 spiro atoms. The number of nitrogens with one attached hydrogen (secondary N) is 1. The van der Waals surface area contributed by atoms with Gasteiger partial charge < -0.3 is 9.73 Å². The van der Waals surface area contributed by atoms with Crippen LogP contribution >= 0.6 is 0 Å². The summed E-state index contributed by atoms with van der Waals surface area (Å²) in [6.45, 7) is 3.51. The van der Waals surface area contributed by atoms with Gasteiger partial charge in [0.2, 0.25) is 0 Å². The van der Waals surface area contributed by atoms with Gasteiger partial charge in [0.25, 0.3) is 0 Å². The first-order chi connectivity index (χ1) is 14.1. The number of benzene rings is 2. The third-order valence-electron chi connectivity index (χ3n) is 5.41. The van der Waals surface area contributed by atoms with Gasteiger partial charge in [0.1, 0.15) is 0 Å². The molecule has 1 aliphatic heterocycles. The van der Waals surface area contributed by atoms with Gasteiger partial charge in [-0.2, -0.15) is 5.26 Å². The number of nitriles is 1. The van der Waals surface area contributed by atoms with Crippen molar-refractivity contribution in [2.24, 2.45) is 7.05 Å². The van der Waals surface area contributed by atoms with Crippen molar-refractivity contribution in [3.05, 3.63) is 58.6 Å². The maximum Gasteiger partial charge on any atom is 0.419 e. The van der Waals surface area contributed by atoms with Crippen molar-refractivity contribution in [1.29, 1.82) is 5.26 Å². The summed E-state index contributed by atoms with van der Waals surface area (Å²) in [7, 11) is 1.70. The zero-order valence-electron chi connectivity index (χ0n) is 17.3. The van der Waals surface area contributed by atoms with Crippen LogP contribution in [0.1, 0.15) is 47.4 Å². The van der Waals surface area contributed by atoms with Gasteiger partial charge in [0.15, 0.2) is 5.58 Å². The third-order valence-corrected chi connectivity index (χ3v) is 5.41. The Hall–Kier alpha value is -2.84. The topological polar surface area (TPSA) is 71.0 Å². The van der Waals surface area contributed by atoms with Crippen LogP contribution in [0.2, 0.25) is 0 Å². The van der Waals surface area contributed by atoms with E-state index in [-0.39, 0.29) is 8.61 Å². The van der Waals surface area contributed by atoms with E-state index in [2.05, 4.69) is 18.3 Å². The molecule has 1 atom stereocenters. The molecule has 2 aromatic carbocycles. The van der Waals surface area contributed by atoms with E-state index in [4.69, 9.17) is 9.68 Å². The minimum absolute atomic E-state index is 0. The number of fused-ring (bicyclic) bond motifs is 1. The van der Waals surface area contributed by atoms with Crippen LogP contribution < -0.4 is 11.1 Å². The zero-order chi connectivity index (χ0) is 20.6. The van der Waals surface area contributed by atoms with Crippen LogP contribution in [0.3, 0.4) is 0 Å². The normalized spacial score (nSPS) is 16.5. The summed E-state index contributed by atoms with van der Waals surface area (Å²) < 4.78 is 6.63. The van der Waals surface area contributed by atoms with Gasteiger partial charge in [-0.1, -0.05) is 43.2 Å². The van der Waals surface area contributed by atoms with Crippen LogP contribution in [0.4, 0.5) is 0 Å². The minimum atomic E-state index is -0.353. The summed E-state index contributed by atoms with van der Waals surface area (Å²) in [6.07, 6.45) is 6.91. The number of aryl methyl sites for hydroxylation is 2. The lowest BCUT2D eigenvalue weighted by Crippen LogP contribution is -2.24. The van der Waals surface area contributed by atoms with E-state index in [1.165, 1.54) is 36.8 Å². The Balaban J connectivity index is 0.000000410. The van der Waals surface area contributed by atoms with E-state index < -0.39 is 0 Å². The van der Waals surface area contributed by atoms with E-state index in [1.807, 2.05) is 42.5 Å². The standard InChI is InChI=1S/C17H14N2O2.C7H15N.2H2/c1-19-15-11-14(8-9-16(15)21-17(19)20)13-6-4-12(5-7-13)3-2-10-18;1-7-5-3-2-4-6-8-7;;/h4-9,11H,2-3H2,1H3;7-8H,2-6H2,1H3;2*1H/t;7-;;/m.1../s1. The average molecular weight is 396 g/mol. The van der Waals surface area contributed by atoms with Crippen LogP contribution in [-0.2, 0) is 13.5 Å². The molecule has 156 valence electrons. The van der Waals surface area contributed by atoms with E-state index in [1.54, 1.807) is 7.05 Å². The second kappa shape index (κ2) is 10.1. The molecule has 5 heteroatoms. The van der Waals surface area contributed by atoms with Crippen molar-refractivity contribution in [1.82, 2.24) is 9.88 Å². The Kier molecular flexibility index (Phi) is 7.26. The summed E-state index contributed by atoms with van der Waals surface area (Å²) in [5.41, 5.74) is 4.64. The fourth-order valence-electron chi connectivity index (χ4n) is 3.57. The fraction of sp³-hybridized carbons (Fsp3) is 0.417. The molecule has 5 nitrogen and oxygen atoms in total. The molecule has 0 aliphatic carbocycles. The first-order valence-electron chi connectivity index (χ1n) is 10.4. The molecule has 2 heterocycles. The number of nitrogens with zero attached hydrogens (tertiary/aromatic N) is 2. The highest BCUT2D eigenvalue weighted by atomic mass is 16.4. The number of aromatic nitrogens is 1. The fourth-order valence-corrected chi connectivity index (χ4v) is 3.57. The molecule has 1 aliphatic rings. The predicted octanol–water partition coefficient (Wildman–Crippen LogP) is 5.29. The SMILES string of the molecule is C[C@@H]1CCCCCN1.Cn1c(=O)oc2ccc(-c3ccc(CCC#N)cc3)cc21.[HH].[HH]. The second-order valence-corrected chi connectivity index (χ2v) is 7.67. The molecule has 3 aromatic rings. The molecule has 4 rings (SSSR count). The van der Waals surface area contributed by atoms with Gasteiger partial charge in [-0.3, -0.25) is 4.57 Å². The molecule has 1 N–H and O–H groups in total. The summed E-state index contributed by atoms with van der Waals surface area (Å²) in [5, 5.41) is 12.0. The van der Waals surface area contributed by atoms with Gasteiger partial charge in [0, 0.05) is 22.4 Å². The average Bonchev–Trinajstić information content (AvgIpc) is 2.89. The van der Waals surface area contributed by atoms with Gasteiger partial charge >= 0.3 is 5.76 Å². The number of hydrogen-bond donors (Lipinski definition) is 1. The highest BCUT2D eigenvalue weighted by molar-refractivity contribution is 5.80. The lowest BCUT2D eigenvalue weighted by Gasteiger charge is -2.06. The van der Waals surface area contributed by atoms with Crippen LogP contribution in [0.5, 0.6) is 0 Å². The molecule has 0 bridgehead atoms. The number of rotatable bonds is 3. The van der Waals surface area contributed by atoms with E-state index in [0.717, 1.165) is 34.7 Å². The van der Waals surface area contributed by atoms with E-state index in [9.17, 15) is 4.79 Å². The Morgan fingerprint density at radius 1 is 1.17 bits per heavy atom. The molecule has 0 saturated carbocycles. The van der Waals surface area contributed by atoms with Crippen molar-refractivity contribution < 1.29 is 7.27 Å². The summed E-state index contributed by atoms with van der Waals surface area (Å²) in [4.78, 5) is 11.5. The van der Waals surface area contributed by atoms with Crippen molar-refractivity contribution in [3.63, 3.8) is 0 Å². The van der Waals surface area contributed by atoms with Gasteiger partial charge in [-0.05, 0) is 61.6 Å². The molecule has 0 amide bonds. The van der Waals surface area contributed by atoms with Crippen LogP contribution in [0, 0.1) is 11.3 Å². The van der Waals surface area contributed by atoms with Crippen molar-refractivity contribution in [2.45, 2.75) is 51.5 Å². The smallest absolute Gasteiger partial charge is 0.408 e. The first kappa shape index (κ1) is 20.9. The molecule has 0 radical (unpaired) electrons. The lowest BCUT2D eigenvalue weighted by atomic mass is 10.0. The van der Waals surface area contributed by atoms with Gasteiger partial charge in [-0.25, -0.2) is 4.79 Å². The molecular weight excluding hydrogens is 362 g/mol. The third kappa shape index (κ3) is 5.58. The van der Waals surface area contributed by atoms with Crippen molar-refractivity contribution >= 4 is 11.1 Å². The Morgan fingerprint density at radius 2 is 1.93 bits per heavy atom. The maximum absolute atomic E-state index is 11.5. The molecular formula is C24H33N3O2. The maximum atomic E-state index is 11.5. The molecule has 1 aromatic heterocycles. The van der Waals surface area contributed by atoms with Gasteiger partial charge in [-0.15, -0.1) is 0 Å². The predicted molar refractivity (Wildman–Crippen MR) is 121 cm³/mol. The monoisotopic (exact) mass is 395 g/mol. The largest absolute Gasteiger partial charge is 0.419 e. The lowest BCUT2D eigenvalue weighted by molar-refractivity contribution is 0.528. The highest BCUT2D eigenvalue weighted by Gasteiger charge is 2.07. The minimum Gasteiger partial charge on any atom is -0.408 e. The zero-order valence-corrected chi connectivity index (χ0v) is 17.3. The van der Waals surface area contributed by atoms with Crippen LogP contribution in [-0.4, -0.2) is 17.2 Å². The number of oxazole rings is 1. The van der Waals surface area contributed by atoms with Crippen molar-refractivity contribution in [3.8, 4) is 17.2 Å². The molecule has 1 fully saturated rings. The quantitative estimate of drug-likeness (QED) is 0.654. The first-order valence-corrected chi connectivity index (χ1v) is 10.4. The van der Waals surface area contributed by atoms with E-state index in [0.29, 0.717) is 12.0 Å². The summed E-state index contributed by atoms with van der Waals surface area (Å²) in [5.74, 6) is -0.353. The summed E-state index contributed by atoms with van der Waals surface area (Å²) >= 11 is 0. The Morgan fingerprint density at radius 3 is 2.69 bits per heavy atom. The summed E-state index contributed by atoms with van der Waals surface area (Å²) in [6, 6.07) is 16.8. The van der Waals surface area contributed by atoms with Crippen LogP contribution in [0.15, 0.2) is 51.7 Å². The van der Waals surface area contributed by atoms with Crippen LogP contribution in [0.25, 0.3) is 22.2 Å². The number of hydrogen-bond acceptors (Lipinski definition) is 4. The van der Waals surface area contributed by atoms with E-state index >= 15 is 0 Å².